The molecule has 104 valence electrons. The molecule has 0 radical (unpaired) electrons. The van der Waals surface area contributed by atoms with E-state index in [2.05, 4.69) is 13.2 Å². The zero-order valence-electron chi connectivity index (χ0n) is 10.4. The van der Waals surface area contributed by atoms with Crippen molar-refractivity contribution in [2.24, 2.45) is 11.5 Å². The van der Waals surface area contributed by atoms with E-state index in [9.17, 15) is 9.59 Å². The molecule has 0 spiro atoms. The van der Waals surface area contributed by atoms with Crippen LogP contribution in [0.3, 0.4) is 0 Å². The predicted octanol–water partition coefficient (Wildman–Crippen LogP) is 0.729. The predicted molar refractivity (Wildman–Crippen MR) is 70.1 cm³/mol. The second-order valence-electron chi connectivity index (χ2n) is 3.66. The number of hydrogen-bond acceptors (Lipinski definition) is 4. The number of carboxylic acid groups (broad SMARTS) is 2. The average Bonchev–Trinajstić information content (AvgIpc) is 2.33. The molecule has 0 rings (SSSR count). The van der Waals surface area contributed by atoms with Crippen molar-refractivity contribution in [2.45, 2.75) is 37.8 Å². The minimum Gasteiger partial charge on any atom is -0.481 e. The third-order valence-corrected chi connectivity index (χ3v) is 1.99. The van der Waals surface area contributed by atoms with E-state index >= 15 is 0 Å². The van der Waals surface area contributed by atoms with Crippen molar-refractivity contribution in [3.63, 3.8) is 0 Å². The van der Waals surface area contributed by atoms with Gasteiger partial charge in [0.05, 0.1) is 0 Å². The van der Waals surface area contributed by atoms with Crippen molar-refractivity contribution in [1.29, 1.82) is 0 Å². The van der Waals surface area contributed by atoms with Gasteiger partial charge in [-0.2, -0.15) is 0 Å². The van der Waals surface area contributed by atoms with E-state index in [-0.39, 0.29) is 24.9 Å². The van der Waals surface area contributed by atoms with Gasteiger partial charge in [-0.3, -0.25) is 9.59 Å². The molecule has 6 N–H and O–H groups in total. The lowest BCUT2D eigenvalue weighted by atomic mass is 10.2. The van der Waals surface area contributed by atoms with Crippen LogP contribution in [0.5, 0.6) is 0 Å². The highest BCUT2D eigenvalue weighted by molar-refractivity contribution is 5.67. The number of carbonyl (C=O) groups is 2. The van der Waals surface area contributed by atoms with Crippen LogP contribution in [0.15, 0.2) is 25.3 Å². The van der Waals surface area contributed by atoms with Crippen LogP contribution in [0.25, 0.3) is 0 Å². The van der Waals surface area contributed by atoms with E-state index < -0.39 is 11.9 Å². The maximum Gasteiger partial charge on any atom is 0.303 e. The lowest BCUT2D eigenvalue weighted by molar-refractivity contribution is -0.138. The standard InChI is InChI=1S/2C6H11NO2/c2*1-2-5(7)3-4-6(8)9/h2*2,5H,1,3-4,7H2,(H,8,9). The van der Waals surface area contributed by atoms with Crippen LogP contribution < -0.4 is 11.5 Å². The molecule has 0 aliphatic rings. The van der Waals surface area contributed by atoms with Gasteiger partial charge >= 0.3 is 11.9 Å². The van der Waals surface area contributed by atoms with Crippen LogP contribution in [0.2, 0.25) is 0 Å². The SMILES string of the molecule is C=CC(N)CCC(=O)O.C=CC(N)CCC(=O)O. The fraction of sp³-hybridized carbons (Fsp3) is 0.500. The molecular formula is C12H22N2O4. The molecule has 18 heavy (non-hydrogen) atoms. The van der Waals surface area contributed by atoms with Crippen molar-refractivity contribution in [3.8, 4) is 0 Å². The zero-order chi connectivity index (χ0) is 14.6. The van der Waals surface area contributed by atoms with E-state index in [0.29, 0.717) is 12.8 Å². The molecule has 0 heterocycles. The summed E-state index contributed by atoms with van der Waals surface area (Å²) in [5, 5.41) is 16.3. The molecule has 0 bridgehead atoms. The molecule has 6 heteroatoms. The molecule has 6 nitrogen and oxygen atoms in total. The molecule has 0 aromatic rings. The van der Waals surface area contributed by atoms with Crippen LogP contribution in [-0.4, -0.2) is 34.2 Å². The Morgan fingerprint density at radius 3 is 1.39 bits per heavy atom. The lowest BCUT2D eigenvalue weighted by Gasteiger charge is -2.00. The van der Waals surface area contributed by atoms with Crippen LogP contribution >= 0.6 is 0 Å². The Bertz CT molecular complexity index is 251. The summed E-state index contributed by atoms with van der Waals surface area (Å²) in [7, 11) is 0. The van der Waals surface area contributed by atoms with Gasteiger partial charge in [-0.1, -0.05) is 12.2 Å². The van der Waals surface area contributed by atoms with E-state index in [1.54, 1.807) is 12.2 Å². The van der Waals surface area contributed by atoms with E-state index in [1.165, 1.54) is 0 Å². The highest BCUT2D eigenvalue weighted by Gasteiger charge is 2.00. The van der Waals surface area contributed by atoms with Gasteiger partial charge in [0, 0.05) is 24.9 Å². The second-order valence-corrected chi connectivity index (χ2v) is 3.66. The van der Waals surface area contributed by atoms with Gasteiger partial charge in [0.15, 0.2) is 0 Å². The van der Waals surface area contributed by atoms with Gasteiger partial charge in [-0.05, 0) is 12.8 Å². The molecule has 2 unspecified atom stereocenters. The van der Waals surface area contributed by atoms with Gasteiger partial charge in [0.1, 0.15) is 0 Å². The highest BCUT2D eigenvalue weighted by atomic mass is 16.4. The Morgan fingerprint density at radius 1 is 0.944 bits per heavy atom. The molecule has 0 aliphatic heterocycles. The first-order chi connectivity index (χ1) is 8.33. The largest absolute Gasteiger partial charge is 0.481 e. The molecule has 0 aliphatic carbocycles. The Hall–Kier alpha value is -1.66. The summed E-state index contributed by atoms with van der Waals surface area (Å²) in [5.74, 6) is -1.63. The number of aliphatic carboxylic acids is 2. The summed E-state index contributed by atoms with van der Waals surface area (Å²) in [6.45, 7) is 6.84. The molecule has 0 amide bonds. The number of hydrogen-bond donors (Lipinski definition) is 4. The average molecular weight is 258 g/mol. The monoisotopic (exact) mass is 258 g/mol. The molecule has 0 saturated heterocycles. The highest BCUT2D eigenvalue weighted by Crippen LogP contribution is 1.94. The maximum atomic E-state index is 9.93. The summed E-state index contributed by atoms with van der Waals surface area (Å²) in [6.07, 6.45) is 4.27. The zero-order valence-corrected chi connectivity index (χ0v) is 10.4. The van der Waals surface area contributed by atoms with E-state index in [1.807, 2.05) is 0 Å². The number of carboxylic acids is 2. The summed E-state index contributed by atoms with van der Waals surface area (Å²) < 4.78 is 0. The Balaban J connectivity index is 0. The summed E-state index contributed by atoms with van der Waals surface area (Å²) >= 11 is 0. The number of nitrogens with two attached hydrogens (primary N) is 2. The third-order valence-electron chi connectivity index (χ3n) is 1.99. The first kappa shape index (κ1) is 18.7. The summed E-state index contributed by atoms with van der Waals surface area (Å²) in [6, 6.07) is -0.359. The van der Waals surface area contributed by atoms with Crippen LogP contribution in [0.4, 0.5) is 0 Å². The van der Waals surface area contributed by atoms with Gasteiger partial charge in [-0.25, -0.2) is 0 Å². The molecule has 0 fully saturated rings. The quantitative estimate of drug-likeness (QED) is 0.475. The van der Waals surface area contributed by atoms with Crippen LogP contribution in [-0.2, 0) is 9.59 Å². The molecular weight excluding hydrogens is 236 g/mol. The number of rotatable bonds is 8. The summed E-state index contributed by atoms with van der Waals surface area (Å²) in [4.78, 5) is 19.9. The first-order valence-electron chi connectivity index (χ1n) is 5.53. The first-order valence-corrected chi connectivity index (χ1v) is 5.53. The van der Waals surface area contributed by atoms with Gasteiger partial charge < -0.3 is 21.7 Å². The van der Waals surface area contributed by atoms with Gasteiger partial charge in [0.2, 0.25) is 0 Å². The van der Waals surface area contributed by atoms with E-state index in [4.69, 9.17) is 21.7 Å². The smallest absolute Gasteiger partial charge is 0.303 e. The fourth-order valence-electron chi connectivity index (χ4n) is 0.816. The van der Waals surface area contributed by atoms with Crippen molar-refractivity contribution in [2.75, 3.05) is 0 Å². The normalized spacial score (nSPS) is 12.6. The topological polar surface area (TPSA) is 127 Å². The lowest BCUT2D eigenvalue weighted by Crippen LogP contribution is -2.17. The Labute approximate surface area is 107 Å². The second kappa shape index (κ2) is 11.8. The van der Waals surface area contributed by atoms with Gasteiger partial charge in [-0.15, -0.1) is 13.2 Å². The minimum absolute atomic E-state index is 0.118. The Kier molecular flexibility index (Phi) is 12.3. The van der Waals surface area contributed by atoms with Crippen molar-refractivity contribution in [1.82, 2.24) is 0 Å². The third kappa shape index (κ3) is 16.8. The van der Waals surface area contributed by atoms with Crippen LogP contribution in [0.1, 0.15) is 25.7 Å². The summed E-state index contributed by atoms with van der Waals surface area (Å²) in [5.41, 5.74) is 10.7. The Morgan fingerprint density at radius 2 is 1.22 bits per heavy atom. The molecule has 0 aromatic heterocycles. The molecule has 0 saturated carbocycles. The molecule has 2 atom stereocenters. The maximum absolute atomic E-state index is 9.93. The van der Waals surface area contributed by atoms with Crippen molar-refractivity contribution >= 4 is 11.9 Å². The van der Waals surface area contributed by atoms with Crippen molar-refractivity contribution < 1.29 is 19.8 Å². The van der Waals surface area contributed by atoms with Gasteiger partial charge in [0.25, 0.3) is 0 Å². The minimum atomic E-state index is -0.813. The molecule has 0 aromatic carbocycles. The van der Waals surface area contributed by atoms with Crippen molar-refractivity contribution in [3.05, 3.63) is 25.3 Å². The van der Waals surface area contributed by atoms with E-state index in [0.717, 1.165) is 0 Å². The van der Waals surface area contributed by atoms with Crippen LogP contribution in [0, 0.1) is 0 Å². The fourth-order valence-corrected chi connectivity index (χ4v) is 0.816.